The molecule has 8 aromatic rings. The second-order valence-corrected chi connectivity index (χ2v) is 20.8. The Morgan fingerprint density at radius 2 is 1.64 bits per heavy atom. The van der Waals surface area contributed by atoms with E-state index in [1.807, 2.05) is 17.9 Å². The topological polar surface area (TPSA) is 156 Å². The van der Waals surface area contributed by atoms with Crippen LogP contribution >= 0.6 is 0 Å². The number of halogens is 2. The molecule has 1 saturated heterocycles. The van der Waals surface area contributed by atoms with E-state index in [-0.39, 0.29) is 40.2 Å². The minimum absolute atomic E-state index is 0.00531. The average molecular weight is 937 g/mol. The molecule has 0 unspecified atom stereocenters. The molecule has 2 aliphatic heterocycles. The molecule has 4 atom stereocenters. The summed E-state index contributed by atoms with van der Waals surface area (Å²) in [5, 5.41) is 14.9. The van der Waals surface area contributed by atoms with Crippen LogP contribution in [0.1, 0.15) is 129 Å². The maximum absolute atomic E-state index is 16.3. The number of imidazole rings is 1. The van der Waals surface area contributed by atoms with Crippen molar-refractivity contribution in [3.63, 3.8) is 0 Å². The van der Waals surface area contributed by atoms with Gasteiger partial charge in [0.15, 0.2) is 11.6 Å². The van der Waals surface area contributed by atoms with Gasteiger partial charge in [0.1, 0.15) is 22.9 Å². The highest BCUT2D eigenvalue weighted by Gasteiger charge is 2.60. The first kappa shape index (κ1) is 43.4. The molecule has 17 heteroatoms. The van der Waals surface area contributed by atoms with Crippen LogP contribution in [0.5, 0.6) is 0 Å². The molecule has 0 bridgehead atoms. The molecule has 0 radical (unpaired) electrons. The maximum Gasteiger partial charge on any atom is 0.438 e. The number of hydrogen-bond donors (Lipinski definition) is 1. The molecule has 7 heterocycles. The zero-order valence-electron chi connectivity index (χ0n) is 39.8. The molecule has 12 rings (SSSR count). The van der Waals surface area contributed by atoms with Crippen LogP contribution in [0.25, 0.3) is 39.0 Å². The number of nitrogens with zero attached hydrogens (tertiary/aromatic N) is 9. The van der Waals surface area contributed by atoms with Crippen LogP contribution in [-0.2, 0) is 23.7 Å². The Morgan fingerprint density at radius 3 is 2.33 bits per heavy atom. The zero-order valence-corrected chi connectivity index (χ0v) is 39.8. The predicted octanol–water partition coefficient (Wildman–Crippen LogP) is 8.75. The van der Waals surface area contributed by atoms with Gasteiger partial charge in [-0.25, -0.2) is 23.1 Å². The monoisotopic (exact) mass is 936 g/mol. The van der Waals surface area contributed by atoms with Crippen LogP contribution < -0.4 is 11.4 Å². The van der Waals surface area contributed by atoms with Gasteiger partial charge in [-0.1, -0.05) is 31.0 Å². The predicted molar refractivity (Wildman–Crippen MR) is 254 cm³/mol. The normalized spacial score (nSPS) is 22.9. The van der Waals surface area contributed by atoms with Crippen molar-refractivity contribution in [2.45, 2.75) is 122 Å². The minimum Gasteiger partial charge on any atom is -0.376 e. The summed E-state index contributed by atoms with van der Waals surface area (Å²) in [6.45, 7) is 12.4. The first-order chi connectivity index (χ1) is 33.0. The highest BCUT2D eigenvalue weighted by molar-refractivity contribution is 6.00. The van der Waals surface area contributed by atoms with Crippen molar-refractivity contribution in [3.05, 3.63) is 139 Å². The fourth-order valence-electron chi connectivity index (χ4n) is 12.6. The Hall–Kier alpha value is -6.88. The lowest BCUT2D eigenvalue weighted by atomic mass is 9.80. The number of rotatable bonds is 7. The fourth-order valence-corrected chi connectivity index (χ4v) is 12.6. The number of nitrogens with one attached hydrogen (secondary N) is 1. The maximum atomic E-state index is 16.3. The molecule has 2 aliphatic carbocycles. The van der Waals surface area contributed by atoms with E-state index in [0.29, 0.717) is 64.7 Å². The lowest BCUT2D eigenvalue weighted by Crippen LogP contribution is -2.56. The van der Waals surface area contributed by atoms with Crippen LogP contribution in [-0.4, -0.2) is 72.0 Å². The number of carbonyl (C=O) groups is 1. The Bertz CT molecular complexity index is 3540. The summed E-state index contributed by atoms with van der Waals surface area (Å²) in [6.07, 6.45) is 10.6. The molecule has 1 N–H and O–H groups in total. The molecule has 1 amide bonds. The molecule has 4 aliphatic rings. The summed E-state index contributed by atoms with van der Waals surface area (Å²) < 4.78 is 50.9. The number of fused-ring (bicyclic) bond motifs is 3. The Balaban J connectivity index is 1.05. The lowest BCUT2D eigenvalue weighted by molar-refractivity contribution is -0.0592. The molecule has 2 saturated carbocycles. The molecule has 356 valence electrons. The number of carbonyl (C=O) groups excluding carboxylic acids is 1. The molecular weight excluding hydrogens is 883 g/mol. The van der Waals surface area contributed by atoms with Crippen molar-refractivity contribution >= 4 is 27.7 Å². The van der Waals surface area contributed by atoms with Crippen molar-refractivity contribution in [3.8, 4) is 17.2 Å². The molecule has 3 aromatic carbocycles. The van der Waals surface area contributed by atoms with E-state index >= 15 is 13.6 Å². The highest BCUT2D eigenvalue weighted by Crippen LogP contribution is 2.57. The first-order valence-corrected chi connectivity index (χ1v) is 24.0. The number of ether oxygens (including phenoxy) is 1. The molecule has 3 fully saturated rings. The van der Waals surface area contributed by atoms with E-state index in [9.17, 15) is 9.59 Å². The smallest absolute Gasteiger partial charge is 0.376 e. The SMILES string of the molecule is Cc1cc(-n2nc3c(c2-n2ccn(-c4ccc5c(cnn5C)c4F)c2=O)[C@H](C)N(C(=O)c2cc4cc([C@H]5CCOC(C)(C)C5)ccc4n2[C@@]2(c4noc(=O)[nH]4)C[C@@H]2C)C2(CCCC2)C3)cc(C)c1F. The Kier molecular flexibility index (Phi) is 9.47. The Morgan fingerprint density at radius 1 is 0.913 bits per heavy atom. The van der Waals surface area contributed by atoms with Crippen molar-refractivity contribution < 1.29 is 22.8 Å². The number of aromatic amines is 1. The second-order valence-electron chi connectivity index (χ2n) is 20.8. The van der Waals surface area contributed by atoms with Gasteiger partial charge in [0.05, 0.1) is 45.8 Å². The van der Waals surface area contributed by atoms with Gasteiger partial charge in [-0.15, -0.1) is 0 Å². The van der Waals surface area contributed by atoms with Gasteiger partial charge in [0.2, 0.25) is 0 Å². The summed E-state index contributed by atoms with van der Waals surface area (Å²) in [4.78, 5) is 48.7. The van der Waals surface area contributed by atoms with Crippen LogP contribution in [0.2, 0.25) is 0 Å². The van der Waals surface area contributed by atoms with E-state index in [2.05, 4.69) is 58.8 Å². The third kappa shape index (κ3) is 6.37. The number of hydrogen-bond acceptors (Lipinski definition) is 8. The van der Waals surface area contributed by atoms with Gasteiger partial charge in [-0.05, 0) is 138 Å². The summed E-state index contributed by atoms with van der Waals surface area (Å²) >= 11 is 0. The molecule has 69 heavy (non-hydrogen) atoms. The van der Waals surface area contributed by atoms with Crippen LogP contribution in [0.3, 0.4) is 0 Å². The van der Waals surface area contributed by atoms with Gasteiger partial charge in [-0.2, -0.15) is 10.2 Å². The summed E-state index contributed by atoms with van der Waals surface area (Å²) in [7, 11) is 1.73. The summed E-state index contributed by atoms with van der Waals surface area (Å²) in [5.74, 6) is -0.804. The van der Waals surface area contributed by atoms with E-state index in [0.717, 1.165) is 55.1 Å². The summed E-state index contributed by atoms with van der Waals surface area (Å²) in [6, 6.07) is 14.5. The van der Waals surface area contributed by atoms with Crippen molar-refractivity contribution in [1.29, 1.82) is 0 Å². The van der Waals surface area contributed by atoms with Gasteiger partial charge in [-0.3, -0.25) is 28.1 Å². The van der Waals surface area contributed by atoms with Crippen molar-refractivity contribution in [2.24, 2.45) is 13.0 Å². The number of amides is 1. The molecular formula is C52H54F2N10O5. The number of aromatic nitrogens is 9. The fraction of sp³-hybridized carbons (Fsp3) is 0.423. The number of aryl methyl sites for hydroxylation is 3. The minimum atomic E-state index is -0.868. The number of H-pyrrole nitrogens is 1. The van der Waals surface area contributed by atoms with E-state index in [1.54, 1.807) is 60.7 Å². The molecule has 1 spiro atoms. The second kappa shape index (κ2) is 15.1. The van der Waals surface area contributed by atoms with Crippen LogP contribution in [0, 0.1) is 31.4 Å². The zero-order chi connectivity index (χ0) is 48.1. The van der Waals surface area contributed by atoms with Gasteiger partial charge in [0.25, 0.3) is 5.91 Å². The van der Waals surface area contributed by atoms with Gasteiger partial charge in [0, 0.05) is 54.5 Å². The first-order valence-electron chi connectivity index (χ1n) is 24.0. The third-order valence-corrected chi connectivity index (χ3v) is 16.0. The third-order valence-electron chi connectivity index (χ3n) is 16.0. The standard InChI is InChI=1S/C52H54F2N10O5/c1-28-20-35(21-29(2)43(28)53)64-45(61-18-17-60(49(61)67)40-13-12-39-36(44(40)54)27-55-59(39)7)42-31(4)62(51(15-8-9-16-51)26-37(42)57-64)46(65)41-23-34-22-32(33-14-19-68-50(5,6)25-33)10-11-38(34)63(41)52(24-30(52)3)47-56-48(66)69-58-47/h10-13,17-18,20-23,27,30-31,33H,8-9,14-16,19,24-26H2,1-7H3,(H,56,58,66)/t30-,31-,33-,52-/m0/s1. The highest BCUT2D eigenvalue weighted by atomic mass is 19.1. The molecule has 15 nitrogen and oxygen atoms in total. The van der Waals surface area contributed by atoms with E-state index in [1.165, 1.54) is 27.1 Å². The largest absolute Gasteiger partial charge is 0.438 e. The van der Waals surface area contributed by atoms with Crippen molar-refractivity contribution in [1.82, 2.24) is 48.3 Å². The Labute approximate surface area is 395 Å². The average Bonchev–Trinajstić information content (AvgIpc) is 4.06. The van der Waals surface area contributed by atoms with Gasteiger partial charge >= 0.3 is 11.4 Å². The van der Waals surface area contributed by atoms with Crippen LogP contribution in [0.4, 0.5) is 8.78 Å². The lowest BCUT2D eigenvalue weighted by Gasteiger charge is -2.48. The van der Waals surface area contributed by atoms with E-state index in [4.69, 9.17) is 14.4 Å². The molecule has 5 aromatic heterocycles. The van der Waals surface area contributed by atoms with Crippen molar-refractivity contribution in [2.75, 3.05) is 6.61 Å². The quantitative estimate of drug-likeness (QED) is 0.166. The van der Waals surface area contributed by atoms with Crippen LogP contribution in [0.15, 0.2) is 81.2 Å². The van der Waals surface area contributed by atoms with E-state index < -0.39 is 34.4 Å². The number of benzene rings is 3. The summed E-state index contributed by atoms with van der Waals surface area (Å²) in [5.41, 5.74) is 3.50. The van der Waals surface area contributed by atoms with Gasteiger partial charge < -0.3 is 14.2 Å².